The van der Waals surface area contributed by atoms with E-state index >= 15 is 0 Å². The first-order valence-electron chi connectivity index (χ1n) is 6.95. The minimum absolute atomic E-state index is 0.112. The maximum absolute atomic E-state index is 12.7. The van der Waals surface area contributed by atoms with Crippen LogP contribution >= 0.6 is 0 Å². The molecular formula is C13H16F4N2O3S. The van der Waals surface area contributed by atoms with Crippen molar-refractivity contribution in [1.82, 2.24) is 9.29 Å². The van der Waals surface area contributed by atoms with E-state index in [1.165, 1.54) is 12.1 Å². The molecule has 0 amide bonds. The second-order valence-corrected chi connectivity index (χ2v) is 7.41. The van der Waals surface area contributed by atoms with Gasteiger partial charge in [0.1, 0.15) is 5.82 Å². The number of hydrogen-bond donors (Lipinski definition) is 0. The first-order valence-corrected chi connectivity index (χ1v) is 8.55. The second-order valence-electron chi connectivity index (χ2n) is 5.32. The van der Waals surface area contributed by atoms with Gasteiger partial charge in [-0.2, -0.15) is 13.2 Å². The van der Waals surface area contributed by atoms with E-state index in [4.69, 9.17) is 4.74 Å². The van der Waals surface area contributed by atoms with Gasteiger partial charge < -0.3 is 4.74 Å². The molecule has 1 atom stereocenters. The van der Waals surface area contributed by atoms with Gasteiger partial charge in [0.05, 0.1) is 25.0 Å². The Bertz CT molecular complexity index is 619. The SMILES string of the molecule is O=S(=O)(CCC(F)(F)F)N1CCC(COc2ccc(F)cn2)C1. The van der Waals surface area contributed by atoms with Gasteiger partial charge in [0.15, 0.2) is 0 Å². The zero-order valence-electron chi connectivity index (χ0n) is 12.1. The number of halogens is 4. The molecule has 1 aromatic rings. The smallest absolute Gasteiger partial charge is 0.390 e. The summed E-state index contributed by atoms with van der Waals surface area (Å²) in [5, 5.41) is 0. The van der Waals surface area contributed by atoms with Gasteiger partial charge in [-0.05, 0) is 12.5 Å². The van der Waals surface area contributed by atoms with E-state index in [1.54, 1.807) is 0 Å². The Morgan fingerprint density at radius 3 is 2.70 bits per heavy atom. The monoisotopic (exact) mass is 356 g/mol. The fourth-order valence-corrected chi connectivity index (χ4v) is 3.78. The molecule has 5 nitrogen and oxygen atoms in total. The third-order valence-electron chi connectivity index (χ3n) is 3.45. The number of rotatable bonds is 6. The van der Waals surface area contributed by atoms with Gasteiger partial charge in [-0.1, -0.05) is 0 Å². The summed E-state index contributed by atoms with van der Waals surface area (Å²) in [5.74, 6) is -1.36. The molecule has 1 aliphatic rings. The van der Waals surface area contributed by atoms with E-state index in [2.05, 4.69) is 4.98 Å². The molecule has 23 heavy (non-hydrogen) atoms. The molecule has 1 aliphatic heterocycles. The molecule has 2 rings (SSSR count). The highest BCUT2D eigenvalue weighted by atomic mass is 32.2. The van der Waals surface area contributed by atoms with Crippen molar-refractivity contribution in [1.29, 1.82) is 0 Å². The fourth-order valence-electron chi connectivity index (χ4n) is 2.21. The van der Waals surface area contributed by atoms with Crippen LogP contribution in [0.1, 0.15) is 12.8 Å². The number of hydrogen-bond acceptors (Lipinski definition) is 4. The predicted octanol–water partition coefficient (Wildman–Crippen LogP) is 2.20. The van der Waals surface area contributed by atoms with Crippen LogP contribution in [0.3, 0.4) is 0 Å². The van der Waals surface area contributed by atoms with Crippen molar-refractivity contribution in [2.45, 2.75) is 19.0 Å². The molecule has 10 heteroatoms. The van der Waals surface area contributed by atoms with Gasteiger partial charge >= 0.3 is 6.18 Å². The summed E-state index contributed by atoms with van der Waals surface area (Å²) in [5.41, 5.74) is 0. The quantitative estimate of drug-likeness (QED) is 0.734. The largest absolute Gasteiger partial charge is 0.477 e. The van der Waals surface area contributed by atoms with E-state index in [9.17, 15) is 26.0 Å². The van der Waals surface area contributed by atoms with Gasteiger partial charge in [-0.3, -0.25) is 0 Å². The van der Waals surface area contributed by atoms with Gasteiger partial charge in [-0.15, -0.1) is 0 Å². The number of sulfonamides is 1. The highest BCUT2D eigenvalue weighted by Gasteiger charge is 2.35. The minimum Gasteiger partial charge on any atom is -0.477 e. The number of pyridine rings is 1. The van der Waals surface area contributed by atoms with Crippen molar-refractivity contribution in [3.8, 4) is 5.88 Å². The maximum atomic E-state index is 12.7. The number of aromatic nitrogens is 1. The standard InChI is InChI=1S/C13H16F4N2O3S/c14-11-1-2-12(18-7-11)22-9-10-3-5-19(8-10)23(20,21)6-4-13(15,16)17/h1-2,7,10H,3-6,8-9H2. The Kier molecular flexibility index (Phi) is 5.45. The Hall–Kier alpha value is -1.42. The van der Waals surface area contributed by atoms with Crippen molar-refractivity contribution in [2.75, 3.05) is 25.4 Å². The summed E-state index contributed by atoms with van der Waals surface area (Å²) < 4.78 is 79.3. The van der Waals surface area contributed by atoms with Crippen LogP contribution in [0.2, 0.25) is 0 Å². The van der Waals surface area contributed by atoms with E-state index < -0.39 is 34.2 Å². The summed E-state index contributed by atoms with van der Waals surface area (Å²) in [6.07, 6.45) is -4.36. The summed E-state index contributed by atoms with van der Waals surface area (Å²) in [6.45, 7) is 0.455. The Morgan fingerprint density at radius 2 is 2.09 bits per heavy atom. The molecule has 0 saturated carbocycles. The molecule has 1 unspecified atom stereocenters. The van der Waals surface area contributed by atoms with Gasteiger partial charge in [0, 0.05) is 25.1 Å². The van der Waals surface area contributed by atoms with Crippen molar-refractivity contribution in [3.63, 3.8) is 0 Å². The summed E-state index contributed by atoms with van der Waals surface area (Å²) in [4.78, 5) is 3.71. The predicted molar refractivity (Wildman–Crippen MR) is 73.8 cm³/mol. The normalized spacial score (nSPS) is 19.9. The molecule has 2 heterocycles. The van der Waals surface area contributed by atoms with E-state index in [0.717, 1.165) is 10.5 Å². The van der Waals surface area contributed by atoms with Crippen LogP contribution in [-0.2, 0) is 10.0 Å². The van der Waals surface area contributed by atoms with Crippen LogP contribution in [-0.4, -0.2) is 49.3 Å². The lowest BCUT2D eigenvalue weighted by Crippen LogP contribution is -2.33. The molecule has 0 aliphatic carbocycles. The lowest BCUT2D eigenvalue weighted by atomic mass is 10.1. The molecule has 0 spiro atoms. The van der Waals surface area contributed by atoms with Crippen LogP contribution in [0.25, 0.3) is 0 Å². The number of alkyl halides is 3. The van der Waals surface area contributed by atoms with Gasteiger partial charge in [-0.25, -0.2) is 22.1 Å². The van der Waals surface area contributed by atoms with Gasteiger partial charge in [0.25, 0.3) is 0 Å². The molecule has 1 aromatic heterocycles. The van der Waals surface area contributed by atoms with Crippen LogP contribution in [0.5, 0.6) is 5.88 Å². The number of nitrogens with zero attached hydrogens (tertiary/aromatic N) is 2. The lowest BCUT2D eigenvalue weighted by Gasteiger charge is -2.17. The molecule has 130 valence electrons. The topological polar surface area (TPSA) is 59.5 Å². The number of ether oxygens (including phenoxy) is 1. The van der Waals surface area contributed by atoms with E-state index in [1.807, 2.05) is 0 Å². The average molecular weight is 356 g/mol. The Balaban J connectivity index is 1.82. The summed E-state index contributed by atoms with van der Waals surface area (Å²) in [6, 6.07) is 2.53. The average Bonchev–Trinajstić information content (AvgIpc) is 2.94. The molecular weight excluding hydrogens is 340 g/mol. The van der Waals surface area contributed by atoms with E-state index in [-0.39, 0.29) is 31.5 Å². The van der Waals surface area contributed by atoms with Crippen LogP contribution in [0.4, 0.5) is 17.6 Å². The Morgan fingerprint density at radius 1 is 1.35 bits per heavy atom. The molecule has 0 aromatic carbocycles. The third kappa shape index (κ3) is 5.61. The zero-order valence-corrected chi connectivity index (χ0v) is 12.9. The first-order chi connectivity index (χ1) is 10.7. The van der Waals surface area contributed by atoms with Crippen LogP contribution in [0, 0.1) is 11.7 Å². The minimum atomic E-state index is -4.50. The van der Waals surface area contributed by atoms with Crippen LogP contribution in [0.15, 0.2) is 18.3 Å². The third-order valence-corrected chi connectivity index (χ3v) is 5.29. The van der Waals surface area contributed by atoms with E-state index in [0.29, 0.717) is 6.42 Å². The summed E-state index contributed by atoms with van der Waals surface area (Å²) in [7, 11) is -3.92. The molecule has 0 radical (unpaired) electrons. The Labute approximate surface area is 131 Å². The van der Waals surface area contributed by atoms with Crippen molar-refractivity contribution in [2.24, 2.45) is 5.92 Å². The maximum Gasteiger partial charge on any atom is 0.390 e. The molecule has 1 saturated heterocycles. The first kappa shape index (κ1) is 17.9. The highest BCUT2D eigenvalue weighted by molar-refractivity contribution is 7.89. The summed E-state index contributed by atoms with van der Waals surface area (Å²) >= 11 is 0. The molecule has 0 bridgehead atoms. The molecule has 0 N–H and O–H groups in total. The second kappa shape index (κ2) is 7.00. The van der Waals surface area contributed by atoms with Crippen molar-refractivity contribution in [3.05, 3.63) is 24.1 Å². The van der Waals surface area contributed by atoms with Crippen LogP contribution < -0.4 is 4.74 Å². The highest BCUT2D eigenvalue weighted by Crippen LogP contribution is 2.25. The zero-order chi connectivity index (χ0) is 17.1. The van der Waals surface area contributed by atoms with Gasteiger partial charge in [0.2, 0.25) is 15.9 Å². The van der Waals surface area contributed by atoms with Crippen molar-refractivity contribution < 1.29 is 30.7 Å². The fraction of sp³-hybridized carbons (Fsp3) is 0.615. The van der Waals surface area contributed by atoms with Crippen molar-refractivity contribution >= 4 is 10.0 Å². The molecule has 1 fully saturated rings. The lowest BCUT2D eigenvalue weighted by molar-refractivity contribution is -0.130.